The summed E-state index contributed by atoms with van der Waals surface area (Å²) >= 11 is 0. The largest absolute Gasteiger partial charge is 0.489 e. The number of anilines is 2. The van der Waals surface area contributed by atoms with Gasteiger partial charge in [-0.3, -0.25) is 19.3 Å². The number of nitrogens with one attached hydrogen (secondary N) is 1. The molecule has 0 bridgehead atoms. The molecule has 11 heteroatoms. The second-order valence-electron chi connectivity index (χ2n) is 10.5. The van der Waals surface area contributed by atoms with Gasteiger partial charge in [-0.25, -0.2) is 14.6 Å². The van der Waals surface area contributed by atoms with E-state index in [-0.39, 0.29) is 18.0 Å². The van der Waals surface area contributed by atoms with Crippen LogP contribution < -0.4 is 21.3 Å². The normalized spacial score (nSPS) is 11.4. The monoisotopic (exact) mass is 565 g/mol. The van der Waals surface area contributed by atoms with Crippen LogP contribution in [0.4, 0.5) is 11.5 Å². The Morgan fingerprint density at radius 3 is 2.45 bits per heavy atom. The summed E-state index contributed by atoms with van der Waals surface area (Å²) in [6.07, 6.45) is 4.74. The Hall–Kier alpha value is -5.29. The lowest BCUT2D eigenvalue weighted by molar-refractivity contribution is 0.0284. The first-order valence-corrected chi connectivity index (χ1v) is 13.2. The van der Waals surface area contributed by atoms with Crippen LogP contribution in [0.1, 0.15) is 29.9 Å². The number of carbonyl (C=O) groups is 1. The lowest BCUT2D eigenvalue weighted by Gasteiger charge is -2.17. The Bertz CT molecular complexity index is 1800. The number of aromatic nitrogens is 5. The number of amides is 1. The van der Waals surface area contributed by atoms with Crippen LogP contribution in [0.5, 0.6) is 5.75 Å². The molecule has 42 heavy (non-hydrogen) atoms. The number of benzene rings is 2. The van der Waals surface area contributed by atoms with Crippen LogP contribution in [0.15, 0.2) is 84.0 Å². The van der Waals surface area contributed by atoms with Crippen LogP contribution in [-0.2, 0) is 7.05 Å². The number of carbonyl (C=O) groups excluding carboxylic acids is 1. The van der Waals surface area contributed by atoms with Gasteiger partial charge in [-0.1, -0.05) is 30.3 Å². The van der Waals surface area contributed by atoms with Crippen molar-refractivity contribution in [2.24, 2.45) is 7.05 Å². The van der Waals surface area contributed by atoms with E-state index in [4.69, 9.17) is 15.5 Å². The van der Waals surface area contributed by atoms with Crippen molar-refractivity contribution in [3.63, 3.8) is 0 Å². The zero-order chi connectivity index (χ0) is 30.0. The molecule has 5 aromatic rings. The minimum Gasteiger partial charge on any atom is -0.489 e. The van der Waals surface area contributed by atoms with E-state index in [1.54, 1.807) is 81.4 Å². The third-order valence-electron chi connectivity index (χ3n) is 6.60. The number of hydrogen-bond acceptors (Lipinski definition) is 8. The van der Waals surface area contributed by atoms with Crippen molar-refractivity contribution in [3.8, 4) is 34.0 Å². The molecule has 0 aliphatic carbocycles. The highest BCUT2D eigenvalue weighted by Crippen LogP contribution is 2.28. The summed E-state index contributed by atoms with van der Waals surface area (Å²) in [7, 11) is 1.74. The average Bonchev–Trinajstić information content (AvgIpc) is 3.20. The van der Waals surface area contributed by atoms with Gasteiger partial charge in [-0.15, -0.1) is 0 Å². The van der Waals surface area contributed by atoms with Crippen molar-refractivity contribution in [2.75, 3.05) is 17.7 Å². The molecule has 0 aliphatic heterocycles. The van der Waals surface area contributed by atoms with Gasteiger partial charge < -0.3 is 20.9 Å². The fraction of sp³-hybridized carbons (Fsp3) is 0.194. The molecule has 3 aromatic heterocycles. The lowest BCUT2D eigenvalue weighted by Crippen LogP contribution is -2.27. The molecule has 0 aliphatic rings. The number of para-hydroxylation sites is 1. The first-order valence-electron chi connectivity index (χ1n) is 13.2. The van der Waals surface area contributed by atoms with E-state index in [1.165, 1.54) is 4.68 Å². The molecule has 2 aromatic carbocycles. The molecule has 0 radical (unpaired) electrons. The third kappa shape index (κ3) is 5.91. The maximum atomic E-state index is 13.2. The van der Waals surface area contributed by atoms with Gasteiger partial charge in [0.2, 0.25) is 0 Å². The summed E-state index contributed by atoms with van der Waals surface area (Å²) in [6.45, 7) is 5.15. The predicted molar refractivity (Wildman–Crippen MR) is 161 cm³/mol. The number of nitrogen functional groups attached to an aromatic ring is 1. The molecule has 0 atom stereocenters. The minimum atomic E-state index is -0.989. The highest BCUT2D eigenvalue weighted by atomic mass is 16.5. The zero-order valence-electron chi connectivity index (χ0n) is 23.7. The fourth-order valence-corrected chi connectivity index (χ4v) is 4.38. The number of aliphatic hydroxyl groups is 1. The molecule has 0 saturated carbocycles. The van der Waals surface area contributed by atoms with Gasteiger partial charge in [0.15, 0.2) is 0 Å². The van der Waals surface area contributed by atoms with Crippen LogP contribution >= 0.6 is 0 Å². The molecule has 5 rings (SSSR count). The van der Waals surface area contributed by atoms with E-state index < -0.39 is 17.1 Å². The van der Waals surface area contributed by atoms with Gasteiger partial charge in [0.1, 0.15) is 29.4 Å². The number of ether oxygens (including phenoxy) is 1. The Labute approximate surface area is 242 Å². The Morgan fingerprint density at radius 2 is 1.76 bits per heavy atom. The maximum Gasteiger partial charge on any atom is 0.284 e. The minimum absolute atomic E-state index is 0.0654. The van der Waals surface area contributed by atoms with Gasteiger partial charge in [0.05, 0.1) is 35.1 Å². The standard InChI is InChI=1S/C31H31N7O4/c1-19-26(30(40)38(37(19)4)23-8-6-5-7-9-23)29(39)35-22-12-10-20(11-13-22)27-28(32)34-17-25(36-27)21-14-24(16-33-15-21)42-18-31(2,3)41/h5-17,41H,18H2,1-4H3,(H2,32,34)(H,35,39). The van der Waals surface area contributed by atoms with Gasteiger partial charge in [-0.2, -0.15) is 0 Å². The van der Waals surface area contributed by atoms with Crippen LogP contribution in [0.3, 0.4) is 0 Å². The Balaban J connectivity index is 1.37. The second kappa shape index (κ2) is 11.3. The summed E-state index contributed by atoms with van der Waals surface area (Å²) in [4.78, 5) is 39.6. The molecule has 4 N–H and O–H groups in total. The van der Waals surface area contributed by atoms with Crippen LogP contribution in [0.2, 0.25) is 0 Å². The first-order chi connectivity index (χ1) is 20.0. The number of nitrogens with two attached hydrogens (primary N) is 1. The molecule has 0 unspecified atom stereocenters. The lowest BCUT2D eigenvalue weighted by atomic mass is 10.1. The number of rotatable bonds is 8. The number of hydrogen-bond donors (Lipinski definition) is 3. The van der Waals surface area contributed by atoms with E-state index in [0.717, 1.165) is 0 Å². The molecular weight excluding hydrogens is 534 g/mol. The van der Waals surface area contributed by atoms with Crippen LogP contribution in [-0.4, -0.2) is 47.5 Å². The smallest absolute Gasteiger partial charge is 0.284 e. The van der Waals surface area contributed by atoms with Crippen molar-refractivity contribution in [2.45, 2.75) is 26.4 Å². The van der Waals surface area contributed by atoms with E-state index >= 15 is 0 Å². The predicted octanol–water partition coefficient (Wildman–Crippen LogP) is 3.99. The first kappa shape index (κ1) is 28.2. The van der Waals surface area contributed by atoms with Gasteiger partial charge in [-0.05, 0) is 51.1 Å². The molecule has 1 amide bonds. The van der Waals surface area contributed by atoms with Crippen LogP contribution in [0, 0.1) is 6.92 Å². The van der Waals surface area contributed by atoms with Crippen molar-refractivity contribution >= 4 is 17.4 Å². The maximum absolute atomic E-state index is 13.2. The summed E-state index contributed by atoms with van der Waals surface area (Å²) in [6, 6.07) is 17.9. The van der Waals surface area contributed by atoms with E-state index in [1.807, 2.05) is 30.3 Å². The highest BCUT2D eigenvalue weighted by molar-refractivity contribution is 6.05. The molecule has 214 valence electrons. The fourth-order valence-electron chi connectivity index (χ4n) is 4.38. The van der Waals surface area contributed by atoms with Crippen molar-refractivity contribution in [1.29, 1.82) is 0 Å². The molecule has 0 spiro atoms. The van der Waals surface area contributed by atoms with E-state index in [2.05, 4.69) is 15.3 Å². The quantitative estimate of drug-likeness (QED) is 0.256. The summed E-state index contributed by atoms with van der Waals surface area (Å²) in [5.41, 5.74) is 8.89. The van der Waals surface area contributed by atoms with Gasteiger partial charge in [0, 0.05) is 30.1 Å². The summed E-state index contributed by atoms with van der Waals surface area (Å²) < 4.78 is 8.78. The molecule has 3 heterocycles. The summed E-state index contributed by atoms with van der Waals surface area (Å²) in [5, 5.41) is 12.8. The zero-order valence-corrected chi connectivity index (χ0v) is 23.7. The van der Waals surface area contributed by atoms with Crippen LogP contribution in [0.25, 0.3) is 28.2 Å². The summed E-state index contributed by atoms with van der Waals surface area (Å²) in [5.74, 6) is 0.217. The van der Waals surface area contributed by atoms with E-state index in [0.29, 0.717) is 45.3 Å². The number of pyridine rings is 1. The number of nitrogens with zero attached hydrogens (tertiary/aromatic N) is 5. The van der Waals surface area contributed by atoms with Gasteiger partial charge >= 0.3 is 0 Å². The molecule has 0 saturated heterocycles. The van der Waals surface area contributed by atoms with Crippen molar-refractivity contribution in [1.82, 2.24) is 24.3 Å². The topological polar surface area (TPSA) is 150 Å². The third-order valence-corrected chi connectivity index (χ3v) is 6.60. The van der Waals surface area contributed by atoms with Crippen molar-refractivity contribution in [3.05, 3.63) is 101 Å². The highest BCUT2D eigenvalue weighted by Gasteiger charge is 2.22. The Morgan fingerprint density at radius 1 is 1.05 bits per heavy atom. The molecule has 11 nitrogen and oxygen atoms in total. The second-order valence-corrected chi connectivity index (χ2v) is 10.5. The van der Waals surface area contributed by atoms with E-state index in [9.17, 15) is 14.7 Å². The molecule has 0 fully saturated rings. The van der Waals surface area contributed by atoms with Crippen molar-refractivity contribution < 1.29 is 14.6 Å². The SMILES string of the molecule is Cc1c(C(=O)Nc2ccc(-c3nc(-c4cncc(OCC(C)(C)O)c4)cnc3N)cc2)c(=O)n(-c2ccccc2)n1C. The van der Waals surface area contributed by atoms with Gasteiger partial charge in [0.25, 0.3) is 11.5 Å². The average molecular weight is 566 g/mol. The molecular formula is C31H31N7O4. The Kier molecular flexibility index (Phi) is 7.60.